The second kappa shape index (κ2) is 26.4. The van der Waals surface area contributed by atoms with Crippen LogP contribution in [-0.2, 0) is 0 Å². The lowest BCUT2D eigenvalue weighted by Crippen LogP contribution is -2.07. The van der Waals surface area contributed by atoms with Crippen LogP contribution in [0.4, 0.5) is 0 Å². The van der Waals surface area contributed by atoms with E-state index in [0.29, 0.717) is 34.9 Å². The lowest BCUT2D eigenvalue weighted by Gasteiger charge is -2.12. The molecule has 0 atom stereocenters. The molecule has 14 aromatic carbocycles. The minimum absolute atomic E-state index is 0.486. The topological polar surface area (TPSA) is 136 Å². The molecule has 0 amide bonds. The maximum atomic E-state index is 5.15. The fourth-order valence-corrected chi connectivity index (χ4v) is 19.1. The number of hydrogen-bond acceptors (Lipinski definition) is 10. The van der Waals surface area contributed by atoms with Crippen LogP contribution in [0, 0.1) is 0 Å². The number of rotatable bonds is 11. The molecule has 0 aliphatic rings. The second-order valence-corrected chi connectivity index (χ2v) is 30.7. The van der Waals surface area contributed by atoms with Gasteiger partial charge in [-0.2, -0.15) is 9.97 Å². The van der Waals surface area contributed by atoms with Gasteiger partial charge >= 0.3 is 0 Å². The van der Waals surface area contributed by atoms with Crippen LogP contribution in [0.3, 0.4) is 0 Å². The Kier molecular flexibility index (Phi) is 14.9. The highest BCUT2D eigenvalue weighted by Gasteiger charge is 2.26. The van der Waals surface area contributed by atoms with E-state index < -0.39 is 0 Å². The molecule has 14 heteroatoms. The first kappa shape index (κ1) is 65.9. The minimum atomic E-state index is 0.486. The molecule has 0 fully saturated rings. The number of nitrogens with zero attached hydrogens (tertiary/aromatic N) is 13. The molecule has 25 aromatic rings. The number of thiophene rings is 1. The maximum absolute atomic E-state index is 5.15. The van der Waals surface area contributed by atoms with E-state index in [9.17, 15) is 0 Å². The van der Waals surface area contributed by atoms with Gasteiger partial charge in [-0.15, -0.1) is 11.3 Å². The van der Waals surface area contributed by atoms with Crippen molar-refractivity contribution in [1.82, 2.24) is 63.1 Å². The van der Waals surface area contributed by atoms with Gasteiger partial charge in [0.25, 0.3) is 0 Å². The summed E-state index contributed by atoms with van der Waals surface area (Å²) in [4.78, 5) is 43.7. The normalized spacial score (nSPS) is 11.9. The predicted molar refractivity (Wildman–Crippen MR) is 479 cm³/mol. The van der Waals surface area contributed by atoms with Crippen molar-refractivity contribution in [2.45, 2.75) is 0 Å². The number of fused-ring (bicyclic) bond motifs is 9. The van der Waals surface area contributed by atoms with Crippen LogP contribution < -0.4 is 0 Å². The Morgan fingerprint density at radius 3 is 1.19 bits per heavy atom. The fraction of sp³-hybridized carbons (Fsp3) is 0. The molecule has 0 radical (unpaired) electrons. The summed E-state index contributed by atoms with van der Waals surface area (Å²) in [7, 11) is 0. The Morgan fingerprint density at radius 2 is 0.641 bits per heavy atom. The van der Waals surface area contributed by atoms with Gasteiger partial charge in [0.1, 0.15) is 11.4 Å². The van der Waals surface area contributed by atoms with Crippen LogP contribution in [0.1, 0.15) is 0 Å². The summed E-state index contributed by atoms with van der Waals surface area (Å²) in [5.74, 6) is 2.05. The molecule has 25 rings (SSSR count). The summed E-state index contributed by atoms with van der Waals surface area (Å²) < 4.78 is 11.8. The van der Waals surface area contributed by atoms with E-state index in [1.165, 1.54) is 113 Å². The lowest BCUT2D eigenvalue weighted by molar-refractivity contribution is 0.943. The van der Waals surface area contributed by atoms with Crippen LogP contribution in [-0.4, -0.2) is 63.1 Å². The van der Waals surface area contributed by atoms with E-state index in [-0.39, 0.29) is 0 Å². The van der Waals surface area contributed by atoms with Gasteiger partial charge in [0, 0.05) is 99.4 Å². The van der Waals surface area contributed by atoms with E-state index in [2.05, 4.69) is 305 Å². The molecule has 0 aliphatic heterocycles. The molecule has 544 valence electrons. The van der Waals surface area contributed by atoms with E-state index in [1.54, 1.807) is 24.8 Å². The number of para-hydroxylation sites is 2. The van der Waals surface area contributed by atoms with Gasteiger partial charge in [-0.1, -0.05) is 194 Å². The molecular weight excluding hydrogens is 1450 g/mol. The van der Waals surface area contributed by atoms with Crippen molar-refractivity contribution < 1.29 is 0 Å². The highest BCUT2D eigenvalue weighted by molar-refractivity contribution is 7.25. The van der Waals surface area contributed by atoms with Crippen molar-refractivity contribution in [2.24, 2.45) is 0 Å². The third kappa shape index (κ3) is 10.6. The Hall–Kier alpha value is -15.8. The molecule has 0 bridgehead atoms. The molecule has 11 aromatic heterocycles. The monoisotopic (exact) mass is 1510 g/mol. The summed E-state index contributed by atoms with van der Waals surface area (Å²) in [5, 5.41) is 17.2. The number of hydrogen-bond donors (Lipinski definition) is 0. The zero-order valence-corrected chi connectivity index (χ0v) is 63.3. The van der Waals surface area contributed by atoms with Gasteiger partial charge in [-0.3, -0.25) is 29.1 Å². The quantitative estimate of drug-likeness (QED) is 0.116. The van der Waals surface area contributed by atoms with Crippen LogP contribution in [0.25, 0.3) is 231 Å². The highest BCUT2D eigenvalue weighted by atomic mass is 32.1. The average Bonchev–Trinajstić information content (AvgIpc) is 1.56. The highest BCUT2D eigenvalue weighted by Crippen LogP contribution is 2.48. The maximum Gasteiger partial charge on any atom is 0.238 e. The first-order chi connectivity index (χ1) is 58.0. The molecule has 0 saturated heterocycles. The van der Waals surface area contributed by atoms with Gasteiger partial charge in [0.2, 0.25) is 11.9 Å². The molecule has 13 nitrogen and oxygen atoms in total. The number of benzene rings is 14. The summed E-state index contributed by atoms with van der Waals surface area (Å²) in [6, 6.07) is 123. The van der Waals surface area contributed by atoms with Crippen molar-refractivity contribution in [2.75, 3.05) is 0 Å². The molecule has 0 spiro atoms. The predicted octanol–water partition coefficient (Wildman–Crippen LogP) is 25.5. The second-order valence-electron chi connectivity index (χ2n) is 29.6. The zero-order chi connectivity index (χ0) is 76.8. The molecule has 0 unspecified atom stereocenters. The summed E-state index contributed by atoms with van der Waals surface area (Å²) >= 11 is 1.85. The molecule has 11 heterocycles. The third-order valence-corrected chi connectivity index (χ3v) is 24.2. The third-order valence-electron chi connectivity index (χ3n) is 23.1. The Bertz CT molecular complexity index is 8140. The molecule has 117 heavy (non-hydrogen) atoms. The van der Waals surface area contributed by atoms with Crippen molar-refractivity contribution in [3.63, 3.8) is 0 Å². The Balaban J connectivity index is 0.000000134. The number of pyridine rings is 4. The van der Waals surface area contributed by atoms with Crippen LogP contribution in [0.2, 0.25) is 0 Å². The largest absolute Gasteiger partial charge is 0.309 e. The van der Waals surface area contributed by atoms with Crippen LogP contribution in [0.15, 0.2) is 371 Å². The van der Waals surface area contributed by atoms with Crippen molar-refractivity contribution in [1.29, 1.82) is 0 Å². The summed E-state index contributed by atoms with van der Waals surface area (Å²) in [6.45, 7) is 0. The summed E-state index contributed by atoms with van der Waals surface area (Å²) in [6.07, 6.45) is 7.10. The standard InChI is InChI=1S/C52H32N6.C51H29N7S/c1-2-12-33(13-3-1)35-15-10-16-37(30-35)57-48-21-11-14-34-22-24-40-38(25-27-49(57)51(40)50(34)48)36-23-26-47-41(31-36)39-17-4-5-20-46(39)58(47)52-55-44(42-18-6-8-28-53-42)32-45(56-52)43-19-7-9-29-54-43;1-3-15-41-34(11-1)37-28-31(19-23-42(37)58(41)51-55-49(39-13-5-7-26-52-39)54-50(56-51)40-14-6-8-27-53-40)33-22-24-44-48-36(33)21-18-30-10-9-16-43(47(30)48)57(44)32-20-25-46-38(29-32)35-12-2-4-17-45(35)59-46/h1-32H;1-29H. The number of aromatic nitrogens is 13. The average molecular weight is 1510 g/mol. The van der Waals surface area contributed by atoms with E-state index in [0.717, 1.165) is 83.2 Å². The fourth-order valence-electron chi connectivity index (χ4n) is 18.0. The first-order valence-corrected chi connectivity index (χ1v) is 39.9. The van der Waals surface area contributed by atoms with Crippen molar-refractivity contribution in [3.8, 4) is 102 Å². The SMILES string of the molecule is c1ccc(-c2cccc(-n3c4cccc5ccc6c(-c7ccc8c(c7)c7ccccc7n8-c7nc(-c8ccccn8)cc(-c8ccccn8)n7)ccc3c6c54)c2)cc1.c1ccc(-c2nc(-c3ccccn3)nc(-n3c4ccccc4c4cc(-c5ccc6c7c5ccc5cccc(c57)n6-c5ccc6sc7ccccc7c6c5)ccc43)n2)nc1. The smallest absolute Gasteiger partial charge is 0.238 e. The van der Waals surface area contributed by atoms with Gasteiger partial charge < -0.3 is 9.13 Å². The van der Waals surface area contributed by atoms with Crippen molar-refractivity contribution in [3.05, 3.63) is 371 Å². The van der Waals surface area contributed by atoms with Gasteiger partial charge in [-0.25, -0.2) is 15.0 Å². The Labute approximate surface area is 672 Å². The van der Waals surface area contributed by atoms with Gasteiger partial charge in [-0.05, 0) is 207 Å². The van der Waals surface area contributed by atoms with Gasteiger partial charge in [0.15, 0.2) is 11.6 Å². The van der Waals surface area contributed by atoms with E-state index in [1.807, 2.05) is 90.2 Å². The minimum Gasteiger partial charge on any atom is -0.309 e. The van der Waals surface area contributed by atoms with Gasteiger partial charge in [0.05, 0.1) is 66.9 Å². The zero-order valence-electron chi connectivity index (χ0n) is 62.4. The van der Waals surface area contributed by atoms with E-state index >= 15 is 0 Å². The van der Waals surface area contributed by atoms with Crippen LogP contribution in [0.5, 0.6) is 0 Å². The van der Waals surface area contributed by atoms with E-state index in [4.69, 9.17) is 24.9 Å². The summed E-state index contributed by atoms with van der Waals surface area (Å²) in [5.41, 5.74) is 22.6. The van der Waals surface area contributed by atoms with Crippen molar-refractivity contribution >= 4 is 140 Å². The molecule has 0 N–H and O–H groups in total. The molecular formula is C103H61N13S. The Morgan fingerprint density at radius 1 is 0.205 bits per heavy atom. The van der Waals surface area contributed by atoms with Crippen LogP contribution >= 0.6 is 11.3 Å². The lowest BCUT2D eigenvalue weighted by atomic mass is 9.94. The molecule has 0 aliphatic carbocycles. The first-order valence-electron chi connectivity index (χ1n) is 39.0. The molecule has 0 saturated carbocycles.